The van der Waals surface area contributed by atoms with E-state index in [4.69, 9.17) is 16.3 Å². The molecule has 1 amide bonds. The van der Waals surface area contributed by atoms with E-state index < -0.39 is 10.0 Å². The highest BCUT2D eigenvalue weighted by atomic mass is 35.5. The normalized spacial score (nSPS) is 16.1. The number of ether oxygens (including phenoxy) is 1. The van der Waals surface area contributed by atoms with Crippen LogP contribution in [0.15, 0.2) is 77.7 Å². The molecule has 3 aromatic rings. The molecule has 1 aliphatic rings. The average molecular weight is 517 g/mol. The van der Waals surface area contributed by atoms with Crippen molar-refractivity contribution in [2.45, 2.75) is 30.2 Å². The maximum absolute atomic E-state index is 13.7. The first kappa shape index (κ1) is 25.0. The molecule has 1 unspecified atom stereocenters. The van der Waals surface area contributed by atoms with Crippen molar-refractivity contribution in [3.05, 3.63) is 89.2 Å². The van der Waals surface area contributed by atoms with Gasteiger partial charge in [-0.3, -0.25) is 9.10 Å². The molecule has 1 fully saturated rings. The number of methoxy groups -OCH3 is 1. The van der Waals surface area contributed by atoms with Gasteiger partial charge < -0.3 is 9.64 Å². The van der Waals surface area contributed by atoms with Gasteiger partial charge in [0.05, 0.1) is 23.7 Å². The van der Waals surface area contributed by atoms with Crippen LogP contribution in [0.3, 0.4) is 0 Å². The van der Waals surface area contributed by atoms with E-state index in [1.165, 1.54) is 31.4 Å². The second kappa shape index (κ2) is 10.7. The molecule has 0 radical (unpaired) electrons. The van der Waals surface area contributed by atoms with Crippen LogP contribution in [0.5, 0.6) is 5.75 Å². The largest absolute Gasteiger partial charge is 0.497 e. The number of halogens is 2. The Morgan fingerprint density at radius 1 is 1.03 bits per heavy atom. The van der Waals surface area contributed by atoms with Gasteiger partial charge in [-0.15, -0.1) is 0 Å². The molecular formula is C26H26ClFN2O4S. The number of carbonyl (C=O) groups is 1. The molecule has 0 saturated carbocycles. The third kappa shape index (κ3) is 5.60. The minimum absolute atomic E-state index is 0.0368. The maximum atomic E-state index is 13.7. The first-order chi connectivity index (χ1) is 16.8. The van der Waals surface area contributed by atoms with Crippen molar-refractivity contribution in [3.8, 4) is 5.75 Å². The molecule has 0 spiro atoms. The summed E-state index contributed by atoms with van der Waals surface area (Å²) < 4.78 is 47.0. The van der Waals surface area contributed by atoms with E-state index in [0.29, 0.717) is 23.0 Å². The number of benzene rings is 3. The Bertz CT molecular complexity index is 1270. The molecule has 0 aliphatic carbocycles. The summed E-state index contributed by atoms with van der Waals surface area (Å²) in [6.07, 6.45) is 2.47. The second-order valence-electron chi connectivity index (χ2n) is 8.31. The minimum atomic E-state index is -4.08. The number of anilines is 1. The number of carbonyl (C=O) groups excluding carboxylic acids is 1. The zero-order valence-corrected chi connectivity index (χ0v) is 20.8. The lowest BCUT2D eigenvalue weighted by Crippen LogP contribution is -2.46. The third-order valence-corrected chi connectivity index (χ3v) is 8.16. The number of rotatable bonds is 7. The van der Waals surface area contributed by atoms with E-state index in [0.717, 1.165) is 29.1 Å². The van der Waals surface area contributed by atoms with Crippen LogP contribution in [0, 0.1) is 5.82 Å². The fraction of sp³-hybridized carbons (Fsp3) is 0.269. The van der Waals surface area contributed by atoms with E-state index in [2.05, 4.69) is 0 Å². The number of sulfonamides is 1. The highest BCUT2D eigenvalue weighted by Crippen LogP contribution is 2.32. The number of nitrogens with zero attached hydrogens (tertiary/aromatic N) is 2. The Labute approximate surface area is 209 Å². The summed E-state index contributed by atoms with van der Waals surface area (Å²) >= 11 is 6.02. The van der Waals surface area contributed by atoms with Gasteiger partial charge in [0.15, 0.2) is 0 Å². The highest BCUT2D eigenvalue weighted by Gasteiger charge is 2.33. The van der Waals surface area contributed by atoms with Crippen LogP contribution in [-0.4, -0.2) is 39.4 Å². The van der Waals surface area contributed by atoms with Gasteiger partial charge in [-0.1, -0.05) is 23.7 Å². The zero-order chi connectivity index (χ0) is 25.0. The van der Waals surface area contributed by atoms with Crippen LogP contribution in [0.4, 0.5) is 10.1 Å². The summed E-state index contributed by atoms with van der Waals surface area (Å²) in [6, 6.07) is 18.2. The summed E-state index contributed by atoms with van der Waals surface area (Å²) in [5.41, 5.74) is 1.16. The molecule has 184 valence electrons. The van der Waals surface area contributed by atoms with Gasteiger partial charge in [0.1, 0.15) is 18.1 Å². The van der Waals surface area contributed by atoms with Gasteiger partial charge in [-0.25, -0.2) is 12.8 Å². The van der Waals surface area contributed by atoms with Crippen LogP contribution in [0.25, 0.3) is 0 Å². The molecule has 35 heavy (non-hydrogen) atoms. The standard InChI is InChI=1S/C26H26ClFN2O4S/c1-34-23-13-15-24(16-14-23)35(32,33)30(22-11-7-20(27)8-12-22)18-26(31)29-17-3-2-4-25(29)19-5-9-21(28)10-6-19/h5-16,25H,2-4,17-18H2,1H3. The van der Waals surface area contributed by atoms with Gasteiger partial charge in [0, 0.05) is 11.6 Å². The van der Waals surface area contributed by atoms with Gasteiger partial charge >= 0.3 is 0 Å². The summed E-state index contributed by atoms with van der Waals surface area (Å²) in [7, 11) is -2.58. The molecule has 0 aromatic heterocycles. The average Bonchev–Trinajstić information content (AvgIpc) is 2.88. The molecule has 1 saturated heterocycles. The fourth-order valence-electron chi connectivity index (χ4n) is 4.27. The van der Waals surface area contributed by atoms with E-state index in [1.54, 1.807) is 53.4 Å². The summed E-state index contributed by atoms with van der Waals surface area (Å²) in [5.74, 6) is -0.151. The van der Waals surface area contributed by atoms with Crippen molar-refractivity contribution in [2.24, 2.45) is 0 Å². The predicted octanol–water partition coefficient (Wildman–Crippen LogP) is 5.44. The second-order valence-corrected chi connectivity index (χ2v) is 10.6. The van der Waals surface area contributed by atoms with Crippen LogP contribution >= 0.6 is 11.6 Å². The van der Waals surface area contributed by atoms with Crippen LogP contribution < -0.4 is 9.04 Å². The Hall–Kier alpha value is -3.10. The monoisotopic (exact) mass is 516 g/mol. The molecular weight excluding hydrogens is 491 g/mol. The van der Waals surface area contributed by atoms with Gasteiger partial charge in [0.25, 0.3) is 10.0 Å². The Morgan fingerprint density at radius 2 is 1.69 bits per heavy atom. The van der Waals surface area contributed by atoms with Crippen molar-refractivity contribution < 1.29 is 22.3 Å². The van der Waals surface area contributed by atoms with Crippen LogP contribution in [0.2, 0.25) is 5.02 Å². The number of piperidine rings is 1. The lowest BCUT2D eigenvalue weighted by Gasteiger charge is -2.37. The van der Waals surface area contributed by atoms with Crippen molar-refractivity contribution in [3.63, 3.8) is 0 Å². The number of hydrogen-bond donors (Lipinski definition) is 0. The van der Waals surface area contributed by atoms with Gasteiger partial charge in [0.2, 0.25) is 5.91 Å². The van der Waals surface area contributed by atoms with E-state index >= 15 is 0 Å². The lowest BCUT2D eigenvalue weighted by molar-refractivity contribution is -0.133. The molecule has 9 heteroatoms. The van der Waals surface area contributed by atoms with Crippen molar-refractivity contribution >= 4 is 33.2 Å². The molecule has 1 aliphatic heterocycles. The summed E-state index contributed by atoms with van der Waals surface area (Å²) in [5, 5.41) is 0.453. The molecule has 6 nitrogen and oxygen atoms in total. The van der Waals surface area contributed by atoms with Crippen molar-refractivity contribution in [1.29, 1.82) is 0 Å². The minimum Gasteiger partial charge on any atom is -0.497 e. The predicted molar refractivity (Wildman–Crippen MR) is 134 cm³/mol. The molecule has 3 aromatic carbocycles. The van der Waals surface area contributed by atoms with Crippen LogP contribution in [-0.2, 0) is 14.8 Å². The number of hydrogen-bond acceptors (Lipinski definition) is 4. The number of likely N-dealkylation sites (tertiary alicyclic amines) is 1. The topological polar surface area (TPSA) is 66.9 Å². The zero-order valence-electron chi connectivity index (χ0n) is 19.2. The van der Waals surface area contributed by atoms with E-state index in [9.17, 15) is 17.6 Å². The first-order valence-electron chi connectivity index (χ1n) is 11.3. The summed E-state index contributed by atoms with van der Waals surface area (Å²) in [4.78, 5) is 15.3. The fourth-order valence-corrected chi connectivity index (χ4v) is 5.81. The molecule has 1 heterocycles. The Morgan fingerprint density at radius 3 is 2.31 bits per heavy atom. The molecule has 1 atom stereocenters. The number of amides is 1. The van der Waals surface area contributed by atoms with Crippen LogP contribution in [0.1, 0.15) is 30.9 Å². The van der Waals surface area contributed by atoms with E-state index in [-0.39, 0.29) is 29.2 Å². The first-order valence-corrected chi connectivity index (χ1v) is 13.1. The SMILES string of the molecule is COc1ccc(S(=O)(=O)N(CC(=O)N2CCCCC2c2ccc(F)cc2)c2ccc(Cl)cc2)cc1. The van der Waals surface area contributed by atoms with Gasteiger partial charge in [-0.2, -0.15) is 0 Å². The Kier molecular flexibility index (Phi) is 7.62. The van der Waals surface area contributed by atoms with Crippen molar-refractivity contribution in [1.82, 2.24) is 4.90 Å². The van der Waals surface area contributed by atoms with E-state index in [1.807, 2.05) is 0 Å². The third-order valence-electron chi connectivity index (χ3n) is 6.12. The maximum Gasteiger partial charge on any atom is 0.264 e. The molecule has 0 bridgehead atoms. The molecule has 4 rings (SSSR count). The van der Waals surface area contributed by atoms with Crippen molar-refractivity contribution in [2.75, 3.05) is 24.5 Å². The highest BCUT2D eigenvalue weighted by molar-refractivity contribution is 7.92. The Balaban J connectivity index is 1.67. The lowest BCUT2D eigenvalue weighted by atomic mass is 9.95. The van der Waals surface area contributed by atoms with Gasteiger partial charge in [-0.05, 0) is 85.5 Å². The quantitative estimate of drug-likeness (QED) is 0.419. The summed E-state index contributed by atoms with van der Waals surface area (Å²) in [6.45, 7) is 0.117. The molecule has 0 N–H and O–H groups in total. The smallest absolute Gasteiger partial charge is 0.264 e.